The summed E-state index contributed by atoms with van der Waals surface area (Å²) in [4.78, 5) is 6.27. The zero-order chi connectivity index (χ0) is 21.1. The lowest BCUT2D eigenvalue weighted by Gasteiger charge is -2.37. The molecule has 0 fully saturated rings. The maximum atomic E-state index is 15.0. The number of aliphatic imine (C=N–C) groups is 1. The number of rotatable bonds is 7. The highest BCUT2D eigenvalue weighted by molar-refractivity contribution is 5.64. The Hall–Kier alpha value is -2.34. The van der Waals surface area contributed by atoms with Crippen molar-refractivity contribution in [1.82, 2.24) is 4.90 Å². The fourth-order valence-electron chi connectivity index (χ4n) is 3.12. The molecule has 0 aliphatic carbocycles. The predicted octanol–water partition coefficient (Wildman–Crippen LogP) is 5.34. The van der Waals surface area contributed by atoms with Crippen molar-refractivity contribution >= 4 is 12.0 Å². The molecule has 0 bridgehead atoms. The fourth-order valence-corrected chi connectivity index (χ4v) is 3.12. The van der Waals surface area contributed by atoms with Gasteiger partial charge < -0.3 is 10.0 Å². The predicted molar refractivity (Wildman–Crippen MR) is 107 cm³/mol. The van der Waals surface area contributed by atoms with Gasteiger partial charge in [-0.15, -0.1) is 0 Å². The molecule has 2 aromatic carbocycles. The van der Waals surface area contributed by atoms with E-state index in [1.807, 2.05) is 18.9 Å². The Morgan fingerprint density at radius 3 is 2.29 bits per heavy atom. The van der Waals surface area contributed by atoms with Gasteiger partial charge in [0.25, 0.3) is 5.92 Å². The molecule has 152 valence electrons. The van der Waals surface area contributed by atoms with Crippen molar-refractivity contribution in [3.05, 3.63) is 64.5 Å². The minimum Gasteiger partial charge on any atom is -0.374 e. The van der Waals surface area contributed by atoms with Crippen LogP contribution in [0.3, 0.4) is 0 Å². The van der Waals surface area contributed by atoms with Crippen LogP contribution in [0.2, 0.25) is 0 Å². The first-order chi connectivity index (χ1) is 13.1. The third kappa shape index (κ3) is 3.92. The van der Waals surface area contributed by atoms with Crippen LogP contribution in [0.5, 0.6) is 0 Å². The zero-order valence-corrected chi connectivity index (χ0v) is 16.9. The molecule has 0 radical (unpaired) electrons. The second kappa shape index (κ2) is 8.35. The van der Waals surface area contributed by atoms with E-state index >= 15 is 8.78 Å². The molecular weight excluding hydrogens is 365 g/mol. The maximum absolute atomic E-state index is 15.0. The van der Waals surface area contributed by atoms with Gasteiger partial charge >= 0.3 is 0 Å². The first-order valence-corrected chi connectivity index (χ1v) is 9.29. The van der Waals surface area contributed by atoms with Gasteiger partial charge in [0.1, 0.15) is 5.82 Å². The van der Waals surface area contributed by atoms with Gasteiger partial charge in [-0.2, -0.15) is 0 Å². The van der Waals surface area contributed by atoms with Crippen LogP contribution in [0.4, 0.5) is 18.9 Å². The summed E-state index contributed by atoms with van der Waals surface area (Å²) in [7, 11) is 1.87. The van der Waals surface area contributed by atoms with Crippen molar-refractivity contribution in [2.45, 2.75) is 45.6 Å². The average molecular weight is 392 g/mol. The number of alkyl halides is 2. The molecule has 0 saturated heterocycles. The number of aryl methyl sites for hydroxylation is 2. The van der Waals surface area contributed by atoms with Gasteiger partial charge in [-0.3, -0.25) is 0 Å². The molecule has 6 heteroatoms. The van der Waals surface area contributed by atoms with Crippen molar-refractivity contribution in [3.8, 4) is 0 Å². The summed E-state index contributed by atoms with van der Waals surface area (Å²) in [6, 6.07) is 8.25. The van der Waals surface area contributed by atoms with Gasteiger partial charge in [-0.25, -0.2) is 18.2 Å². The largest absolute Gasteiger partial charge is 0.374 e. The molecule has 3 nitrogen and oxygen atoms in total. The lowest BCUT2D eigenvalue weighted by atomic mass is 9.77. The van der Waals surface area contributed by atoms with Gasteiger partial charge in [0, 0.05) is 25.6 Å². The highest BCUT2D eigenvalue weighted by Crippen LogP contribution is 2.47. The molecule has 1 unspecified atom stereocenters. The number of hydrogen-bond donors (Lipinski definition) is 1. The highest BCUT2D eigenvalue weighted by atomic mass is 19.3. The molecule has 1 atom stereocenters. The van der Waals surface area contributed by atoms with Crippen LogP contribution < -0.4 is 0 Å². The standard InChI is InChI=1S/C22H27F3N2O/c1-6-21(24,25)22(28,17-10-8-9-11-19(17)23)18-12-16(4)20(13-15(18)3)26-14-27(5)7-2/h8-14,28H,6-7H2,1-5H3/b26-14+. The Labute approximate surface area is 164 Å². The van der Waals surface area contributed by atoms with E-state index in [2.05, 4.69) is 4.99 Å². The van der Waals surface area contributed by atoms with Crippen LogP contribution in [0.15, 0.2) is 41.4 Å². The molecule has 2 rings (SSSR count). The summed E-state index contributed by atoms with van der Waals surface area (Å²) in [6.07, 6.45) is 1.02. The lowest BCUT2D eigenvalue weighted by molar-refractivity contribution is -0.167. The van der Waals surface area contributed by atoms with Gasteiger partial charge in [-0.05, 0) is 49.6 Å². The summed E-state index contributed by atoms with van der Waals surface area (Å²) < 4.78 is 44.5. The SMILES string of the molecule is CCN(C)/C=N/c1cc(C)c(C(O)(c2ccccc2F)C(F)(F)CC)cc1C. The molecule has 0 aliphatic rings. The molecule has 0 aliphatic heterocycles. The summed E-state index contributed by atoms with van der Waals surface area (Å²) >= 11 is 0. The van der Waals surface area contributed by atoms with E-state index in [0.29, 0.717) is 16.8 Å². The van der Waals surface area contributed by atoms with Crippen LogP contribution in [-0.2, 0) is 5.60 Å². The maximum Gasteiger partial charge on any atom is 0.284 e. The molecule has 0 spiro atoms. The van der Waals surface area contributed by atoms with Gasteiger partial charge in [0.05, 0.1) is 12.0 Å². The van der Waals surface area contributed by atoms with Crippen LogP contribution in [0.1, 0.15) is 42.5 Å². The molecule has 0 amide bonds. The second-order valence-corrected chi connectivity index (χ2v) is 7.02. The molecule has 0 saturated carbocycles. The van der Waals surface area contributed by atoms with Crippen LogP contribution >= 0.6 is 0 Å². The second-order valence-electron chi connectivity index (χ2n) is 7.02. The Kier molecular flexibility index (Phi) is 6.55. The van der Waals surface area contributed by atoms with Crippen molar-refractivity contribution in [1.29, 1.82) is 0 Å². The monoisotopic (exact) mass is 392 g/mol. The molecule has 0 heterocycles. The molecule has 28 heavy (non-hydrogen) atoms. The summed E-state index contributed by atoms with van der Waals surface area (Å²) in [5.41, 5.74) is -1.61. The highest BCUT2D eigenvalue weighted by Gasteiger charge is 2.55. The third-order valence-electron chi connectivity index (χ3n) is 5.06. The number of halogens is 3. The molecule has 1 N–H and O–H groups in total. The van der Waals surface area contributed by atoms with E-state index in [0.717, 1.165) is 12.6 Å². The minimum atomic E-state index is -3.57. The normalized spacial score (nSPS) is 14.3. The van der Waals surface area contributed by atoms with Crippen molar-refractivity contribution in [2.24, 2.45) is 4.99 Å². The van der Waals surface area contributed by atoms with E-state index in [-0.39, 0.29) is 5.56 Å². The number of hydrogen-bond acceptors (Lipinski definition) is 2. The van der Waals surface area contributed by atoms with Crippen LogP contribution in [0.25, 0.3) is 0 Å². The van der Waals surface area contributed by atoms with Crippen molar-refractivity contribution in [3.63, 3.8) is 0 Å². The zero-order valence-electron chi connectivity index (χ0n) is 16.9. The van der Waals surface area contributed by atoms with Crippen molar-refractivity contribution in [2.75, 3.05) is 13.6 Å². The fraction of sp³-hybridized carbons (Fsp3) is 0.409. The van der Waals surface area contributed by atoms with Gasteiger partial charge in [0.2, 0.25) is 0 Å². The van der Waals surface area contributed by atoms with E-state index in [9.17, 15) is 9.50 Å². The summed E-state index contributed by atoms with van der Waals surface area (Å²) in [6.45, 7) is 7.37. The van der Waals surface area contributed by atoms with Crippen LogP contribution in [-0.4, -0.2) is 35.9 Å². The van der Waals surface area contributed by atoms with E-state index in [1.54, 1.807) is 26.3 Å². The van der Waals surface area contributed by atoms with Gasteiger partial charge in [0.15, 0.2) is 5.60 Å². The smallest absolute Gasteiger partial charge is 0.284 e. The van der Waals surface area contributed by atoms with Crippen LogP contribution in [0, 0.1) is 19.7 Å². The summed E-state index contributed by atoms with van der Waals surface area (Å²) in [5.74, 6) is -4.44. The molecule has 0 aromatic heterocycles. The first kappa shape index (κ1) is 22.0. The molecule has 2 aromatic rings. The van der Waals surface area contributed by atoms with E-state index < -0.39 is 29.3 Å². The third-order valence-corrected chi connectivity index (χ3v) is 5.06. The minimum absolute atomic E-state index is 0.0234. The van der Waals surface area contributed by atoms with E-state index in [1.165, 1.54) is 31.2 Å². The summed E-state index contributed by atoms with van der Waals surface area (Å²) in [5, 5.41) is 11.3. The Morgan fingerprint density at radius 2 is 1.71 bits per heavy atom. The number of aliphatic hydroxyl groups is 1. The molecular formula is C22H27F3N2O. The quantitative estimate of drug-likeness (QED) is 0.510. The average Bonchev–Trinajstić information content (AvgIpc) is 2.67. The van der Waals surface area contributed by atoms with E-state index in [4.69, 9.17) is 0 Å². The number of nitrogens with zero attached hydrogens (tertiary/aromatic N) is 2. The van der Waals surface area contributed by atoms with Gasteiger partial charge in [-0.1, -0.05) is 31.2 Å². The van der Waals surface area contributed by atoms with Crippen molar-refractivity contribution < 1.29 is 18.3 Å². The topological polar surface area (TPSA) is 35.8 Å². The Bertz CT molecular complexity index is 867. The lowest BCUT2D eigenvalue weighted by Crippen LogP contribution is -2.47. The Balaban J connectivity index is 2.71. The Morgan fingerprint density at radius 1 is 1.07 bits per heavy atom. The first-order valence-electron chi connectivity index (χ1n) is 9.29. The number of benzene rings is 2.